The lowest BCUT2D eigenvalue weighted by Gasteiger charge is -2.41. The molecule has 8 nitrogen and oxygen atoms in total. The molecule has 10 heteroatoms. The number of hydrogen-bond donors (Lipinski definition) is 3. The van der Waals surface area contributed by atoms with E-state index in [0.717, 1.165) is 5.69 Å². The second kappa shape index (κ2) is 9.23. The number of piperazine rings is 1. The van der Waals surface area contributed by atoms with Gasteiger partial charge < -0.3 is 20.2 Å². The molecule has 4 rings (SSSR count). The van der Waals surface area contributed by atoms with Crippen molar-refractivity contribution >= 4 is 40.7 Å². The fraction of sp³-hybridized carbons (Fsp3) is 0.409. The molecule has 1 aromatic carbocycles. The van der Waals surface area contributed by atoms with Crippen LogP contribution < -0.4 is 15.5 Å². The first-order chi connectivity index (χ1) is 15.3. The lowest BCUT2D eigenvalue weighted by molar-refractivity contribution is -0.133. The molecule has 2 unspecified atom stereocenters. The second-order valence-electron chi connectivity index (χ2n) is 8.15. The van der Waals surface area contributed by atoms with Crippen molar-refractivity contribution in [2.75, 3.05) is 24.5 Å². The number of carbonyl (C=O) groups is 2. The fourth-order valence-electron chi connectivity index (χ4n) is 4.43. The molecule has 2 amide bonds. The monoisotopic (exact) mass is 477 g/mol. The first-order valence-corrected chi connectivity index (χ1v) is 11.2. The smallest absolute Gasteiger partial charge is 0.249 e. The molecule has 1 aromatic heterocycles. The summed E-state index contributed by atoms with van der Waals surface area (Å²) >= 11 is 12.3. The molecule has 0 spiro atoms. The molecule has 170 valence electrons. The van der Waals surface area contributed by atoms with Crippen molar-refractivity contribution < 1.29 is 14.7 Å². The van der Waals surface area contributed by atoms with Crippen LogP contribution in [0.1, 0.15) is 25.5 Å². The summed E-state index contributed by atoms with van der Waals surface area (Å²) < 4.78 is 0. The molecule has 2 fully saturated rings. The normalized spacial score (nSPS) is 25.7. The number of benzene rings is 1. The van der Waals surface area contributed by atoms with E-state index in [9.17, 15) is 14.7 Å². The minimum atomic E-state index is -1.25. The highest BCUT2D eigenvalue weighted by Crippen LogP contribution is 2.31. The van der Waals surface area contributed by atoms with Crippen LogP contribution in [0, 0.1) is 0 Å². The molecule has 32 heavy (non-hydrogen) atoms. The number of halogens is 2. The summed E-state index contributed by atoms with van der Waals surface area (Å²) in [7, 11) is 0. The number of carbonyl (C=O) groups excluding carboxylic acids is 2. The summed E-state index contributed by atoms with van der Waals surface area (Å²) in [5.41, 5.74) is 0.149. The van der Waals surface area contributed by atoms with Gasteiger partial charge in [-0.15, -0.1) is 0 Å². The molecule has 2 aliphatic rings. The number of aliphatic hydroxyl groups excluding tert-OH is 1. The Morgan fingerprint density at radius 2 is 2.00 bits per heavy atom. The van der Waals surface area contributed by atoms with Gasteiger partial charge in [0, 0.05) is 54.0 Å². The van der Waals surface area contributed by atoms with Crippen molar-refractivity contribution in [3.8, 4) is 0 Å². The molecule has 2 saturated heterocycles. The Morgan fingerprint density at radius 3 is 2.59 bits per heavy atom. The number of hydrogen-bond acceptors (Lipinski definition) is 6. The van der Waals surface area contributed by atoms with Crippen molar-refractivity contribution in [2.45, 2.75) is 37.7 Å². The highest BCUT2D eigenvalue weighted by atomic mass is 35.5. The van der Waals surface area contributed by atoms with Gasteiger partial charge in [-0.05, 0) is 43.7 Å². The Labute approximate surface area is 196 Å². The number of aromatic nitrogens is 1. The molecular formula is C22H25Cl2N5O3. The van der Waals surface area contributed by atoms with Crippen molar-refractivity contribution in [3.05, 3.63) is 58.3 Å². The number of aliphatic hydroxyl groups is 1. The maximum atomic E-state index is 13.0. The van der Waals surface area contributed by atoms with E-state index in [1.54, 1.807) is 30.5 Å². The van der Waals surface area contributed by atoms with Crippen molar-refractivity contribution in [3.63, 3.8) is 0 Å². The lowest BCUT2D eigenvalue weighted by atomic mass is 9.88. The van der Waals surface area contributed by atoms with Gasteiger partial charge in [-0.25, -0.2) is 0 Å². The van der Waals surface area contributed by atoms with Crippen LogP contribution >= 0.6 is 23.2 Å². The third-order valence-corrected chi connectivity index (χ3v) is 6.45. The van der Waals surface area contributed by atoms with E-state index in [4.69, 9.17) is 23.2 Å². The second-order valence-corrected chi connectivity index (χ2v) is 9.02. The Hall–Kier alpha value is -2.39. The Bertz CT molecular complexity index is 988. The van der Waals surface area contributed by atoms with Crippen LogP contribution in [-0.2, 0) is 15.1 Å². The molecular weight excluding hydrogens is 453 g/mol. The van der Waals surface area contributed by atoms with Crippen LogP contribution in [0.2, 0.25) is 10.0 Å². The summed E-state index contributed by atoms with van der Waals surface area (Å²) in [4.78, 5) is 34.0. The van der Waals surface area contributed by atoms with Crippen LogP contribution in [0.4, 0.5) is 5.69 Å². The van der Waals surface area contributed by atoms with Crippen LogP contribution in [0.25, 0.3) is 0 Å². The Morgan fingerprint density at radius 1 is 1.25 bits per heavy atom. The van der Waals surface area contributed by atoms with Gasteiger partial charge in [0.25, 0.3) is 0 Å². The average Bonchev–Trinajstić information content (AvgIpc) is 3.05. The van der Waals surface area contributed by atoms with Gasteiger partial charge in [0.05, 0.1) is 5.69 Å². The van der Waals surface area contributed by atoms with Crippen LogP contribution in [0.3, 0.4) is 0 Å². The maximum Gasteiger partial charge on any atom is 0.249 e. The molecule has 3 atom stereocenters. The zero-order valence-electron chi connectivity index (χ0n) is 17.6. The third kappa shape index (κ3) is 4.54. The van der Waals surface area contributed by atoms with Gasteiger partial charge >= 0.3 is 0 Å². The molecule has 0 radical (unpaired) electrons. The van der Waals surface area contributed by atoms with Gasteiger partial charge in [-0.3, -0.25) is 19.9 Å². The van der Waals surface area contributed by atoms with E-state index in [1.807, 2.05) is 24.0 Å². The van der Waals surface area contributed by atoms with Crippen molar-refractivity contribution in [1.82, 2.24) is 20.5 Å². The number of pyridine rings is 1. The quantitative estimate of drug-likeness (QED) is 0.609. The first-order valence-electron chi connectivity index (χ1n) is 10.5. The van der Waals surface area contributed by atoms with Crippen LogP contribution in [0.5, 0.6) is 0 Å². The molecule has 0 aliphatic carbocycles. The predicted molar refractivity (Wildman–Crippen MR) is 122 cm³/mol. The van der Waals surface area contributed by atoms with Crippen molar-refractivity contribution in [2.24, 2.45) is 0 Å². The number of anilines is 1. The summed E-state index contributed by atoms with van der Waals surface area (Å²) in [6.07, 6.45) is 0.721. The number of nitrogens with one attached hydrogen (secondary N) is 2. The number of amides is 2. The van der Waals surface area contributed by atoms with E-state index < -0.39 is 17.8 Å². The molecule has 2 aliphatic heterocycles. The van der Waals surface area contributed by atoms with E-state index in [-0.39, 0.29) is 24.8 Å². The minimum Gasteiger partial charge on any atom is -0.365 e. The van der Waals surface area contributed by atoms with Gasteiger partial charge in [-0.2, -0.15) is 0 Å². The van der Waals surface area contributed by atoms with Gasteiger partial charge in [0.15, 0.2) is 6.35 Å². The van der Waals surface area contributed by atoms with Gasteiger partial charge in [-0.1, -0.05) is 29.3 Å². The Kier molecular flexibility index (Phi) is 6.57. The van der Waals surface area contributed by atoms with Crippen LogP contribution in [-0.4, -0.2) is 58.8 Å². The highest BCUT2D eigenvalue weighted by molar-refractivity contribution is 6.35. The fourth-order valence-corrected chi connectivity index (χ4v) is 4.94. The van der Waals surface area contributed by atoms with E-state index in [2.05, 4.69) is 20.5 Å². The zero-order chi connectivity index (χ0) is 22.9. The first kappa shape index (κ1) is 22.8. The van der Waals surface area contributed by atoms with E-state index in [0.29, 0.717) is 35.4 Å². The topological polar surface area (TPSA) is 97.8 Å². The average molecular weight is 478 g/mol. The van der Waals surface area contributed by atoms with Gasteiger partial charge in [0.1, 0.15) is 5.54 Å². The standard InChI is InChI=1S/C22H25Cl2N5O3/c1-14-13-28(8-9-29(14)17-11-15(23)10-16(24)12-17)19(30)5-6-22(18-4-2-3-7-25-18)20(31)26-21(32)27-22/h2-4,7,10-12,14,21,27,32H,5-6,8-9,13H2,1H3,(H,26,31)/t14-,21?,22?/m0/s1. The van der Waals surface area contributed by atoms with Crippen molar-refractivity contribution in [1.29, 1.82) is 0 Å². The molecule has 0 bridgehead atoms. The Balaban J connectivity index is 1.42. The van der Waals surface area contributed by atoms with E-state index in [1.165, 1.54) is 0 Å². The number of nitrogens with zero attached hydrogens (tertiary/aromatic N) is 3. The summed E-state index contributed by atoms with van der Waals surface area (Å²) in [5.74, 6) is -0.445. The summed E-state index contributed by atoms with van der Waals surface area (Å²) in [5, 5.41) is 16.4. The minimum absolute atomic E-state index is 0.0491. The largest absolute Gasteiger partial charge is 0.365 e. The van der Waals surface area contributed by atoms with Gasteiger partial charge in [0.2, 0.25) is 11.8 Å². The van der Waals surface area contributed by atoms with Crippen LogP contribution in [0.15, 0.2) is 42.6 Å². The molecule has 2 aromatic rings. The molecule has 3 N–H and O–H groups in total. The maximum absolute atomic E-state index is 13.0. The third-order valence-electron chi connectivity index (χ3n) is 6.01. The number of rotatable bonds is 5. The predicted octanol–water partition coefficient (Wildman–Crippen LogP) is 2.10. The summed E-state index contributed by atoms with van der Waals surface area (Å²) in [6, 6.07) is 10.7. The van der Waals surface area contributed by atoms with E-state index >= 15 is 0 Å². The SMILES string of the molecule is C[C@H]1CN(C(=O)CCC2(c3ccccn3)NC(O)NC2=O)CCN1c1cc(Cl)cc(Cl)c1. The highest BCUT2D eigenvalue weighted by Gasteiger charge is 2.48. The molecule has 3 heterocycles. The lowest BCUT2D eigenvalue weighted by Crippen LogP contribution is -2.54. The molecule has 0 saturated carbocycles. The zero-order valence-corrected chi connectivity index (χ0v) is 19.1. The summed E-state index contributed by atoms with van der Waals surface area (Å²) in [6.45, 7) is 3.78.